The zero-order valence-corrected chi connectivity index (χ0v) is 8.84. The second-order valence-corrected chi connectivity index (χ2v) is 3.14. The Morgan fingerprint density at radius 3 is 2.87 bits per heavy atom. The van der Waals surface area contributed by atoms with Gasteiger partial charge in [0.25, 0.3) is 0 Å². The third kappa shape index (κ3) is 3.67. The zero-order chi connectivity index (χ0) is 11.3. The van der Waals surface area contributed by atoms with Crippen LogP contribution in [0.1, 0.15) is 12.5 Å². The summed E-state index contributed by atoms with van der Waals surface area (Å²) in [5.41, 5.74) is 1.31. The fourth-order valence-corrected chi connectivity index (χ4v) is 1.15. The van der Waals surface area contributed by atoms with E-state index in [4.69, 9.17) is 4.74 Å². The molecule has 15 heavy (non-hydrogen) atoms. The van der Waals surface area contributed by atoms with Gasteiger partial charge in [0.15, 0.2) is 0 Å². The molecule has 82 valence electrons. The van der Waals surface area contributed by atoms with Gasteiger partial charge in [0, 0.05) is 12.3 Å². The molecule has 0 heterocycles. The lowest BCUT2D eigenvalue weighted by Gasteiger charge is -2.07. The van der Waals surface area contributed by atoms with Gasteiger partial charge in [-0.3, -0.25) is 4.79 Å². The average Bonchev–Trinajstić information content (AvgIpc) is 2.19. The molecule has 0 aliphatic rings. The lowest BCUT2D eigenvalue weighted by atomic mass is 10.2. The van der Waals surface area contributed by atoms with Crippen LogP contribution in [0, 0.1) is 12.7 Å². The van der Waals surface area contributed by atoms with Crippen LogP contribution in [-0.4, -0.2) is 19.1 Å². The number of nitrogens with one attached hydrogen (secondary N) is 1. The summed E-state index contributed by atoms with van der Waals surface area (Å²) >= 11 is 0. The minimum absolute atomic E-state index is 0.0211. The SMILES string of the molecule is CCOCC(=O)Nc1ccc(F)cc1C. The summed E-state index contributed by atoms with van der Waals surface area (Å²) in [6, 6.07) is 4.22. The Labute approximate surface area is 88.2 Å². The van der Waals surface area contributed by atoms with Crippen molar-refractivity contribution in [2.24, 2.45) is 0 Å². The fraction of sp³-hybridized carbons (Fsp3) is 0.364. The number of halogens is 1. The summed E-state index contributed by atoms with van der Waals surface area (Å²) in [6.07, 6.45) is 0. The molecule has 1 amide bonds. The van der Waals surface area contributed by atoms with Gasteiger partial charge in [-0.05, 0) is 37.6 Å². The van der Waals surface area contributed by atoms with Crippen LogP contribution in [-0.2, 0) is 9.53 Å². The van der Waals surface area contributed by atoms with Crippen molar-refractivity contribution in [1.82, 2.24) is 0 Å². The number of hydrogen-bond donors (Lipinski definition) is 1. The van der Waals surface area contributed by atoms with Crippen molar-refractivity contribution in [3.63, 3.8) is 0 Å². The number of carbonyl (C=O) groups is 1. The van der Waals surface area contributed by atoms with Gasteiger partial charge in [-0.15, -0.1) is 0 Å². The normalized spacial score (nSPS) is 10.1. The Morgan fingerprint density at radius 1 is 1.53 bits per heavy atom. The fourth-order valence-electron chi connectivity index (χ4n) is 1.15. The van der Waals surface area contributed by atoms with Gasteiger partial charge in [0.2, 0.25) is 5.91 Å². The smallest absolute Gasteiger partial charge is 0.250 e. The number of hydrogen-bond acceptors (Lipinski definition) is 2. The molecule has 1 rings (SSSR count). The lowest BCUT2D eigenvalue weighted by molar-refractivity contribution is -0.120. The maximum atomic E-state index is 12.8. The van der Waals surface area contributed by atoms with E-state index in [9.17, 15) is 9.18 Å². The molecule has 0 aliphatic heterocycles. The van der Waals surface area contributed by atoms with Gasteiger partial charge in [0.1, 0.15) is 12.4 Å². The zero-order valence-electron chi connectivity index (χ0n) is 8.84. The topological polar surface area (TPSA) is 38.3 Å². The van der Waals surface area contributed by atoms with Gasteiger partial charge in [-0.2, -0.15) is 0 Å². The molecule has 1 N–H and O–H groups in total. The van der Waals surface area contributed by atoms with E-state index in [0.29, 0.717) is 17.9 Å². The lowest BCUT2D eigenvalue weighted by Crippen LogP contribution is -2.18. The van der Waals surface area contributed by atoms with Gasteiger partial charge in [-0.1, -0.05) is 0 Å². The minimum Gasteiger partial charge on any atom is -0.372 e. The van der Waals surface area contributed by atoms with Gasteiger partial charge in [-0.25, -0.2) is 4.39 Å². The first-order valence-corrected chi connectivity index (χ1v) is 4.77. The molecule has 4 heteroatoms. The molecule has 0 saturated carbocycles. The van der Waals surface area contributed by atoms with Crippen LogP contribution in [0.3, 0.4) is 0 Å². The molecule has 0 unspecified atom stereocenters. The molecular weight excluding hydrogens is 197 g/mol. The van der Waals surface area contributed by atoms with Crippen LogP contribution in [0.5, 0.6) is 0 Å². The monoisotopic (exact) mass is 211 g/mol. The second-order valence-electron chi connectivity index (χ2n) is 3.14. The Balaban J connectivity index is 2.60. The van der Waals surface area contributed by atoms with Crippen LogP contribution >= 0.6 is 0 Å². The van der Waals surface area contributed by atoms with Gasteiger partial charge < -0.3 is 10.1 Å². The minimum atomic E-state index is -0.310. The summed E-state index contributed by atoms with van der Waals surface area (Å²) in [7, 11) is 0. The highest BCUT2D eigenvalue weighted by atomic mass is 19.1. The number of amides is 1. The van der Waals surface area contributed by atoms with Crippen molar-refractivity contribution in [2.45, 2.75) is 13.8 Å². The highest BCUT2D eigenvalue weighted by Gasteiger charge is 2.04. The maximum Gasteiger partial charge on any atom is 0.250 e. The first-order valence-electron chi connectivity index (χ1n) is 4.77. The quantitative estimate of drug-likeness (QED) is 0.828. The Morgan fingerprint density at radius 2 is 2.27 bits per heavy atom. The van der Waals surface area contributed by atoms with E-state index in [1.54, 1.807) is 6.92 Å². The van der Waals surface area contributed by atoms with E-state index in [2.05, 4.69) is 5.32 Å². The number of anilines is 1. The van der Waals surface area contributed by atoms with Crippen molar-refractivity contribution in [1.29, 1.82) is 0 Å². The van der Waals surface area contributed by atoms with Crippen molar-refractivity contribution in [2.75, 3.05) is 18.5 Å². The summed E-state index contributed by atoms with van der Waals surface area (Å²) in [4.78, 5) is 11.3. The second kappa shape index (κ2) is 5.46. The highest BCUT2D eigenvalue weighted by molar-refractivity contribution is 5.92. The average molecular weight is 211 g/mol. The molecule has 0 fully saturated rings. The van der Waals surface area contributed by atoms with Gasteiger partial charge in [0.05, 0.1) is 0 Å². The van der Waals surface area contributed by atoms with Crippen molar-refractivity contribution < 1.29 is 13.9 Å². The third-order valence-corrected chi connectivity index (χ3v) is 1.90. The standard InChI is InChI=1S/C11H14FNO2/c1-3-15-7-11(14)13-10-5-4-9(12)6-8(10)2/h4-6H,3,7H2,1-2H3,(H,13,14). The Kier molecular flexibility index (Phi) is 4.24. The molecule has 1 aromatic carbocycles. The molecule has 0 aliphatic carbocycles. The van der Waals surface area contributed by atoms with Crippen LogP contribution in [0.4, 0.5) is 10.1 Å². The summed E-state index contributed by atoms with van der Waals surface area (Å²) in [6.45, 7) is 4.07. The Bertz CT molecular complexity index is 352. The summed E-state index contributed by atoms with van der Waals surface area (Å²) < 4.78 is 17.7. The van der Waals surface area contributed by atoms with E-state index < -0.39 is 0 Å². The van der Waals surface area contributed by atoms with Crippen LogP contribution in [0.25, 0.3) is 0 Å². The van der Waals surface area contributed by atoms with Crippen LogP contribution in [0.2, 0.25) is 0 Å². The molecule has 0 atom stereocenters. The van der Waals surface area contributed by atoms with E-state index in [-0.39, 0.29) is 18.3 Å². The van der Waals surface area contributed by atoms with Crippen molar-refractivity contribution in [3.8, 4) is 0 Å². The largest absolute Gasteiger partial charge is 0.372 e. The number of benzene rings is 1. The molecule has 0 spiro atoms. The maximum absolute atomic E-state index is 12.8. The molecule has 3 nitrogen and oxygen atoms in total. The van der Waals surface area contributed by atoms with Gasteiger partial charge >= 0.3 is 0 Å². The van der Waals surface area contributed by atoms with E-state index in [0.717, 1.165) is 0 Å². The Hall–Kier alpha value is -1.42. The van der Waals surface area contributed by atoms with E-state index >= 15 is 0 Å². The summed E-state index contributed by atoms with van der Waals surface area (Å²) in [5.74, 6) is -0.540. The van der Waals surface area contributed by atoms with Crippen molar-refractivity contribution >= 4 is 11.6 Å². The molecule has 0 aromatic heterocycles. The van der Waals surface area contributed by atoms with Crippen molar-refractivity contribution in [3.05, 3.63) is 29.6 Å². The van der Waals surface area contributed by atoms with Crippen LogP contribution in [0.15, 0.2) is 18.2 Å². The first kappa shape index (κ1) is 11.7. The number of ether oxygens (including phenoxy) is 1. The predicted molar refractivity (Wildman–Crippen MR) is 56.3 cm³/mol. The molecule has 0 saturated heterocycles. The number of rotatable bonds is 4. The third-order valence-electron chi connectivity index (χ3n) is 1.90. The highest BCUT2D eigenvalue weighted by Crippen LogP contribution is 2.15. The molecule has 1 aromatic rings. The molecular formula is C11H14FNO2. The van der Waals surface area contributed by atoms with E-state index in [1.165, 1.54) is 18.2 Å². The number of carbonyl (C=O) groups excluding carboxylic acids is 1. The summed E-state index contributed by atoms with van der Waals surface area (Å²) in [5, 5.41) is 2.64. The first-order chi connectivity index (χ1) is 7.13. The van der Waals surface area contributed by atoms with Crippen LogP contribution < -0.4 is 5.32 Å². The molecule has 0 bridgehead atoms. The predicted octanol–water partition coefficient (Wildman–Crippen LogP) is 2.11. The number of aryl methyl sites for hydroxylation is 1. The van der Waals surface area contributed by atoms with E-state index in [1.807, 2.05) is 6.92 Å². The molecule has 0 radical (unpaired) electrons.